The Labute approximate surface area is 203 Å². The number of hydrogen-bond acceptors (Lipinski definition) is 3. The molecule has 4 aromatic carbocycles. The number of rotatable bonds is 7. The summed E-state index contributed by atoms with van der Waals surface area (Å²) in [6.07, 6.45) is 0. The minimum absolute atomic E-state index is 0.0258. The van der Waals surface area contributed by atoms with Gasteiger partial charge in [-0.15, -0.1) is 0 Å². The SMILES string of the molecule is NC(=O)c1ccc(NC(=O)c2ccc(-c3ccccc3)cc2)cc1N(c1ccc(F)cc1)S(=O)O. The average molecular weight is 490 g/mol. The molecule has 4 aromatic rings. The first-order valence-corrected chi connectivity index (χ1v) is 11.5. The summed E-state index contributed by atoms with van der Waals surface area (Å²) in [4.78, 5) is 24.8. The quantitative estimate of drug-likeness (QED) is 0.313. The van der Waals surface area contributed by atoms with Crippen molar-refractivity contribution in [1.82, 2.24) is 0 Å². The highest BCUT2D eigenvalue weighted by atomic mass is 32.2. The van der Waals surface area contributed by atoms with Crippen LogP contribution in [0.5, 0.6) is 0 Å². The van der Waals surface area contributed by atoms with Crippen LogP contribution in [-0.2, 0) is 11.3 Å². The predicted molar refractivity (Wildman–Crippen MR) is 134 cm³/mol. The first kappa shape index (κ1) is 23.8. The van der Waals surface area contributed by atoms with Gasteiger partial charge in [-0.25, -0.2) is 12.9 Å². The van der Waals surface area contributed by atoms with Crippen molar-refractivity contribution < 1.29 is 22.7 Å². The van der Waals surface area contributed by atoms with Gasteiger partial charge in [-0.2, -0.15) is 0 Å². The van der Waals surface area contributed by atoms with E-state index in [1.807, 2.05) is 42.5 Å². The van der Waals surface area contributed by atoms with Crippen LogP contribution in [-0.4, -0.2) is 20.6 Å². The number of nitrogens with two attached hydrogens (primary N) is 1. The third-order valence-corrected chi connectivity index (χ3v) is 5.93. The summed E-state index contributed by atoms with van der Waals surface area (Å²) in [7, 11) is 0. The van der Waals surface area contributed by atoms with Gasteiger partial charge < -0.3 is 11.1 Å². The first-order chi connectivity index (χ1) is 16.8. The fourth-order valence-electron chi connectivity index (χ4n) is 3.52. The molecule has 0 saturated carbocycles. The second-order valence-electron chi connectivity index (χ2n) is 7.50. The molecule has 0 aliphatic rings. The van der Waals surface area contributed by atoms with Crippen LogP contribution in [0.15, 0.2) is 97.1 Å². The number of carbonyl (C=O) groups excluding carboxylic acids is 2. The van der Waals surface area contributed by atoms with Crippen LogP contribution < -0.4 is 15.4 Å². The number of hydrogen-bond donors (Lipinski definition) is 3. The second kappa shape index (κ2) is 10.3. The summed E-state index contributed by atoms with van der Waals surface area (Å²) in [5.74, 6) is -1.79. The number of amides is 2. The van der Waals surface area contributed by atoms with E-state index in [1.54, 1.807) is 12.1 Å². The summed E-state index contributed by atoms with van der Waals surface area (Å²) < 4.78 is 36.4. The summed E-state index contributed by atoms with van der Waals surface area (Å²) in [6, 6.07) is 25.7. The molecule has 1 atom stereocenters. The van der Waals surface area contributed by atoms with Gasteiger partial charge >= 0.3 is 0 Å². The Balaban J connectivity index is 1.64. The number of halogens is 1. The fourth-order valence-corrected chi connectivity index (χ4v) is 4.14. The number of primary amides is 1. The van der Waals surface area contributed by atoms with E-state index in [4.69, 9.17) is 5.73 Å². The lowest BCUT2D eigenvalue weighted by atomic mass is 10.0. The Morgan fingerprint density at radius 2 is 1.49 bits per heavy atom. The molecule has 7 nitrogen and oxygen atoms in total. The smallest absolute Gasteiger partial charge is 0.266 e. The largest absolute Gasteiger partial charge is 0.366 e. The second-order valence-corrected chi connectivity index (χ2v) is 8.32. The van der Waals surface area contributed by atoms with Crippen molar-refractivity contribution in [3.8, 4) is 11.1 Å². The third kappa shape index (κ3) is 5.43. The summed E-state index contributed by atoms with van der Waals surface area (Å²) in [5, 5.41) is 2.72. The van der Waals surface area contributed by atoms with Crippen LogP contribution in [0, 0.1) is 5.82 Å². The molecule has 2 amide bonds. The lowest BCUT2D eigenvalue weighted by Gasteiger charge is -2.23. The summed E-state index contributed by atoms with van der Waals surface area (Å²) in [6.45, 7) is 0. The van der Waals surface area contributed by atoms with Gasteiger partial charge in [-0.3, -0.25) is 14.1 Å². The van der Waals surface area contributed by atoms with E-state index in [1.165, 1.54) is 30.3 Å². The van der Waals surface area contributed by atoms with E-state index in [2.05, 4.69) is 5.32 Å². The molecule has 0 aliphatic carbocycles. The fraction of sp³-hybridized carbons (Fsp3) is 0. The number of nitrogens with one attached hydrogen (secondary N) is 1. The number of anilines is 3. The number of benzene rings is 4. The zero-order valence-electron chi connectivity index (χ0n) is 18.2. The van der Waals surface area contributed by atoms with Gasteiger partial charge in [0.2, 0.25) is 0 Å². The molecular weight excluding hydrogens is 469 g/mol. The maximum absolute atomic E-state index is 13.4. The standard InChI is InChI=1S/C26H20FN3O4S/c27-20-10-13-22(14-11-20)30(35(33)34)24-16-21(12-15-23(24)25(28)31)29-26(32)19-8-6-18(7-9-19)17-4-2-1-3-5-17/h1-16H,(H2,28,31)(H,29,32)(H,33,34). The van der Waals surface area contributed by atoms with Crippen molar-refractivity contribution in [1.29, 1.82) is 0 Å². The Hall–Kier alpha value is -4.34. The topological polar surface area (TPSA) is 113 Å². The van der Waals surface area contributed by atoms with Gasteiger partial charge in [0.1, 0.15) is 5.82 Å². The molecule has 0 aliphatic heterocycles. The van der Waals surface area contributed by atoms with Gasteiger partial charge in [0, 0.05) is 11.3 Å². The van der Waals surface area contributed by atoms with Gasteiger partial charge in [0.25, 0.3) is 23.1 Å². The molecule has 0 saturated heterocycles. The maximum Gasteiger partial charge on any atom is 0.266 e. The van der Waals surface area contributed by atoms with Crippen LogP contribution in [0.25, 0.3) is 11.1 Å². The van der Waals surface area contributed by atoms with E-state index in [0.29, 0.717) is 5.56 Å². The highest BCUT2D eigenvalue weighted by molar-refractivity contribution is 7.81. The molecule has 1 unspecified atom stereocenters. The highest BCUT2D eigenvalue weighted by Gasteiger charge is 2.22. The van der Waals surface area contributed by atoms with Crippen LogP contribution in [0.1, 0.15) is 20.7 Å². The molecule has 176 valence electrons. The Bertz CT molecular complexity index is 1390. The molecular formula is C26H20FN3O4S. The van der Waals surface area contributed by atoms with Crippen molar-refractivity contribution in [2.75, 3.05) is 9.62 Å². The van der Waals surface area contributed by atoms with Crippen LogP contribution in [0.4, 0.5) is 21.5 Å². The van der Waals surface area contributed by atoms with Crippen LogP contribution >= 0.6 is 0 Å². The third-order valence-electron chi connectivity index (χ3n) is 5.21. The Morgan fingerprint density at radius 1 is 0.857 bits per heavy atom. The van der Waals surface area contributed by atoms with Crippen molar-refractivity contribution in [3.05, 3.63) is 114 Å². The first-order valence-electron chi connectivity index (χ1n) is 10.4. The van der Waals surface area contributed by atoms with Crippen molar-refractivity contribution in [2.24, 2.45) is 5.73 Å². The van der Waals surface area contributed by atoms with Crippen molar-refractivity contribution in [2.45, 2.75) is 0 Å². The summed E-state index contributed by atoms with van der Waals surface area (Å²) >= 11 is -2.63. The molecule has 0 bridgehead atoms. The van der Waals surface area contributed by atoms with E-state index >= 15 is 0 Å². The monoisotopic (exact) mass is 489 g/mol. The normalized spacial score (nSPS) is 11.5. The van der Waals surface area contributed by atoms with Gasteiger partial charge in [-0.05, 0) is 65.7 Å². The zero-order chi connectivity index (χ0) is 24.9. The molecule has 4 rings (SSSR count). The molecule has 0 radical (unpaired) electrons. The molecule has 4 N–H and O–H groups in total. The van der Waals surface area contributed by atoms with Crippen LogP contribution in [0.3, 0.4) is 0 Å². The zero-order valence-corrected chi connectivity index (χ0v) is 19.0. The average Bonchev–Trinajstić information content (AvgIpc) is 2.86. The minimum atomic E-state index is -2.63. The van der Waals surface area contributed by atoms with Gasteiger partial charge in [-0.1, -0.05) is 42.5 Å². The molecule has 35 heavy (non-hydrogen) atoms. The van der Waals surface area contributed by atoms with Gasteiger partial charge in [0.05, 0.1) is 16.9 Å². The van der Waals surface area contributed by atoms with E-state index in [-0.39, 0.29) is 22.6 Å². The lowest BCUT2D eigenvalue weighted by molar-refractivity contribution is 0.0999. The molecule has 9 heteroatoms. The van der Waals surface area contributed by atoms with Gasteiger partial charge in [0.15, 0.2) is 0 Å². The molecule has 0 aromatic heterocycles. The number of nitrogens with zero attached hydrogens (tertiary/aromatic N) is 1. The van der Waals surface area contributed by atoms with Crippen LogP contribution in [0.2, 0.25) is 0 Å². The van der Waals surface area contributed by atoms with E-state index in [0.717, 1.165) is 27.6 Å². The van der Waals surface area contributed by atoms with E-state index in [9.17, 15) is 22.7 Å². The maximum atomic E-state index is 13.4. The molecule has 0 spiro atoms. The van der Waals surface area contributed by atoms with Crippen molar-refractivity contribution >= 4 is 40.1 Å². The van der Waals surface area contributed by atoms with E-state index < -0.39 is 28.9 Å². The minimum Gasteiger partial charge on any atom is -0.366 e. The lowest BCUT2D eigenvalue weighted by Crippen LogP contribution is -2.24. The molecule has 0 fully saturated rings. The Morgan fingerprint density at radius 3 is 2.09 bits per heavy atom. The molecule has 0 heterocycles. The predicted octanol–water partition coefficient (Wildman–Crippen LogP) is 5.12. The highest BCUT2D eigenvalue weighted by Crippen LogP contribution is 2.32. The summed E-state index contributed by atoms with van der Waals surface area (Å²) in [5.41, 5.74) is 8.16. The number of carbonyl (C=O) groups is 2. The Kier molecular flexibility index (Phi) is 7.00. The van der Waals surface area contributed by atoms with Crippen molar-refractivity contribution in [3.63, 3.8) is 0 Å².